The summed E-state index contributed by atoms with van der Waals surface area (Å²) in [6, 6.07) is 17.1. The third kappa shape index (κ3) is 5.54. The highest BCUT2D eigenvalue weighted by Gasteiger charge is 2.17. The number of hydrogen-bond acceptors (Lipinski definition) is 5. The van der Waals surface area contributed by atoms with E-state index < -0.39 is 0 Å². The van der Waals surface area contributed by atoms with E-state index in [0.29, 0.717) is 17.3 Å². The highest BCUT2D eigenvalue weighted by Crippen LogP contribution is 2.20. The molecule has 0 spiro atoms. The van der Waals surface area contributed by atoms with Crippen molar-refractivity contribution in [3.8, 4) is 5.75 Å². The maximum Gasteiger partial charge on any atom is 0.258 e. The number of halogens is 1. The van der Waals surface area contributed by atoms with Gasteiger partial charge in [0.15, 0.2) is 6.61 Å². The summed E-state index contributed by atoms with van der Waals surface area (Å²) in [5.41, 5.74) is 3.18. The van der Waals surface area contributed by atoms with Crippen molar-refractivity contribution in [1.82, 2.24) is 10.2 Å². The Bertz CT molecular complexity index is 1130. The number of ether oxygens (including phenoxy) is 1. The Labute approximate surface area is 185 Å². The van der Waals surface area contributed by atoms with E-state index in [1.807, 2.05) is 24.3 Å². The number of carbonyl (C=O) groups is 1. The summed E-state index contributed by atoms with van der Waals surface area (Å²) >= 11 is 6.07. The van der Waals surface area contributed by atoms with E-state index in [1.165, 1.54) is 23.5 Å². The van der Waals surface area contributed by atoms with E-state index in [1.54, 1.807) is 6.07 Å². The summed E-state index contributed by atoms with van der Waals surface area (Å²) < 4.78 is 10.9. The summed E-state index contributed by atoms with van der Waals surface area (Å²) in [6.07, 6.45) is 2.25. The van der Waals surface area contributed by atoms with Crippen molar-refractivity contribution in [1.29, 1.82) is 0 Å². The predicted octanol–water partition coefficient (Wildman–Crippen LogP) is 3.55. The van der Waals surface area contributed by atoms with Gasteiger partial charge in [-0.25, -0.2) is 0 Å². The maximum atomic E-state index is 12.4. The number of fused-ring (bicyclic) bond motifs is 1. The van der Waals surface area contributed by atoms with Gasteiger partial charge in [0, 0.05) is 30.7 Å². The fourth-order valence-electron chi connectivity index (χ4n) is 3.57. The fourth-order valence-corrected chi connectivity index (χ4v) is 3.77. The molecule has 0 aliphatic carbocycles. The Morgan fingerprint density at radius 2 is 1.90 bits per heavy atom. The van der Waals surface area contributed by atoms with Gasteiger partial charge in [-0.2, -0.15) is 0 Å². The molecule has 0 atom stereocenters. The van der Waals surface area contributed by atoms with Crippen LogP contribution < -0.4 is 15.5 Å². The van der Waals surface area contributed by atoms with Crippen molar-refractivity contribution in [2.45, 2.75) is 26.1 Å². The van der Waals surface area contributed by atoms with E-state index in [2.05, 4.69) is 28.4 Å². The number of nitrogens with zero attached hydrogens (tertiary/aromatic N) is 1. The lowest BCUT2D eigenvalue weighted by molar-refractivity contribution is -0.123. The van der Waals surface area contributed by atoms with Crippen LogP contribution >= 0.6 is 11.6 Å². The molecule has 0 fully saturated rings. The van der Waals surface area contributed by atoms with Crippen LogP contribution in [0.5, 0.6) is 5.75 Å². The lowest BCUT2D eigenvalue weighted by Gasteiger charge is -2.28. The molecule has 2 aromatic carbocycles. The Kier molecular flexibility index (Phi) is 6.70. The van der Waals surface area contributed by atoms with Crippen molar-refractivity contribution < 1.29 is 13.9 Å². The zero-order valence-corrected chi connectivity index (χ0v) is 17.7. The minimum atomic E-state index is -0.352. The van der Waals surface area contributed by atoms with Gasteiger partial charge in [0.25, 0.3) is 5.91 Å². The fraction of sp³-hybridized carbons (Fsp3) is 0.250. The van der Waals surface area contributed by atoms with E-state index in [9.17, 15) is 9.59 Å². The molecule has 1 aliphatic rings. The monoisotopic (exact) mass is 438 g/mol. The molecule has 3 aromatic rings. The lowest BCUT2D eigenvalue weighted by atomic mass is 10.00. The van der Waals surface area contributed by atoms with Gasteiger partial charge in [0.2, 0.25) is 11.2 Å². The molecule has 0 saturated carbocycles. The summed E-state index contributed by atoms with van der Waals surface area (Å²) in [4.78, 5) is 26.6. The average Bonchev–Trinajstić information content (AvgIpc) is 2.78. The van der Waals surface area contributed by atoms with Gasteiger partial charge >= 0.3 is 0 Å². The van der Waals surface area contributed by atoms with Crippen molar-refractivity contribution >= 4 is 17.5 Å². The van der Waals surface area contributed by atoms with E-state index in [4.69, 9.17) is 20.8 Å². The Morgan fingerprint density at radius 1 is 1.13 bits per heavy atom. The normalized spacial score (nSPS) is 13.5. The summed E-state index contributed by atoms with van der Waals surface area (Å²) in [5, 5.41) is 3.30. The van der Waals surface area contributed by atoms with Crippen LogP contribution in [0.1, 0.15) is 22.5 Å². The van der Waals surface area contributed by atoms with Gasteiger partial charge < -0.3 is 14.5 Å². The molecule has 4 rings (SSSR count). The molecule has 6 nitrogen and oxygen atoms in total. The molecule has 1 amide bonds. The first-order chi connectivity index (χ1) is 15.1. The molecule has 31 heavy (non-hydrogen) atoms. The first kappa shape index (κ1) is 21.2. The molecule has 1 aliphatic heterocycles. The number of carbonyl (C=O) groups excluding carboxylic acids is 1. The second-order valence-electron chi connectivity index (χ2n) is 7.46. The van der Waals surface area contributed by atoms with Crippen LogP contribution in [0.4, 0.5) is 0 Å². The SMILES string of the molecule is O=C(COc1coc(CN2CCc3ccccc3C2)cc1=O)NCc1ccccc1Cl. The summed E-state index contributed by atoms with van der Waals surface area (Å²) in [5.74, 6) is 0.232. The third-order valence-electron chi connectivity index (χ3n) is 5.23. The molecule has 0 saturated heterocycles. The zero-order chi connectivity index (χ0) is 21.6. The second-order valence-corrected chi connectivity index (χ2v) is 7.87. The van der Waals surface area contributed by atoms with Crippen LogP contribution in [-0.2, 0) is 30.8 Å². The van der Waals surface area contributed by atoms with Gasteiger partial charge in [0.1, 0.15) is 12.0 Å². The van der Waals surface area contributed by atoms with Crippen molar-refractivity contribution in [3.63, 3.8) is 0 Å². The molecule has 1 N–H and O–H groups in total. The largest absolute Gasteiger partial charge is 0.477 e. The molecular weight excluding hydrogens is 416 g/mol. The molecule has 0 radical (unpaired) electrons. The minimum absolute atomic E-state index is 0.0145. The van der Waals surface area contributed by atoms with Crippen molar-refractivity contribution in [3.05, 3.63) is 98.6 Å². The van der Waals surface area contributed by atoms with Crippen LogP contribution in [0.15, 0.2) is 70.1 Å². The lowest BCUT2D eigenvalue weighted by Crippen LogP contribution is -2.30. The van der Waals surface area contributed by atoms with E-state index >= 15 is 0 Å². The van der Waals surface area contributed by atoms with Crippen LogP contribution in [0.25, 0.3) is 0 Å². The smallest absolute Gasteiger partial charge is 0.258 e. The van der Waals surface area contributed by atoms with Gasteiger partial charge in [-0.05, 0) is 29.2 Å². The van der Waals surface area contributed by atoms with E-state index in [-0.39, 0.29) is 30.2 Å². The minimum Gasteiger partial charge on any atom is -0.477 e. The molecule has 0 bridgehead atoms. The highest BCUT2D eigenvalue weighted by molar-refractivity contribution is 6.31. The predicted molar refractivity (Wildman–Crippen MR) is 118 cm³/mol. The molecule has 2 heterocycles. The number of rotatable bonds is 7. The Morgan fingerprint density at radius 3 is 2.71 bits per heavy atom. The topological polar surface area (TPSA) is 71.8 Å². The molecule has 1 aromatic heterocycles. The van der Waals surface area contributed by atoms with Gasteiger partial charge in [-0.1, -0.05) is 54.1 Å². The average molecular weight is 439 g/mol. The molecule has 7 heteroatoms. The standard InChI is InChI=1S/C24H23ClN2O4/c25-21-8-4-3-6-18(21)12-26-24(29)16-31-23-15-30-20(11-22(23)28)14-27-10-9-17-5-1-2-7-19(17)13-27/h1-8,11,15H,9-10,12-14,16H2,(H,26,29). The highest BCUT2D eigenvalue weighted by atomic mass is 35.5. The third-order valence-corrected chi connectivity index (χ3v) is 5.60. The maximum absolute atomic E-state index is 12.4. The van der Waals surface area contributed by atoms with Gasteiger partial charge in [0.05, 0.1) is 6.54 Å². The van der Waals surface area contributed by atoms with Crippen LogP contribution in [0, 0.1) is 0 Å². The van der Waals surface area contributed by atoms with Gasteiger partial charge in [-0.3, -0.25) is 14.5 Å². The number of benzene rings is 2. The zero-order valence-electron chi connectivity index (χ0n) is 17.0. The first-order valence-corrected chi connectivity index (χ1v) is 10.5. The van der Waals surface area contributed by atoms with Gasteiger partial charge in [-0.15, -0.1) is 0 Å². The summed E-state index contributed by atoms with van der Waals surface area (Å²) in [7, 11) is 0. The van der Waals surface area contributed by atoms with Crippen molar-refractivity contribution in [2.75, 3.05) is 13.2 Å². The van der Waals surface area contributed by atoms with E-state index in [0.717, 1.165) is 25.1 Å². The Balaban J connectivity index is 1.28. The molecule has 0 unspecified atom stereocenters. The number of hydrogen-bond donors (Lipinski definition) is 1. The second kappa shape index (κ2) is 9.81. The summed E-state index contributed by atoms with van der Waals surface area (Å²) in [6.45, 7) is 2.28. The van der Waals surface area contributed by atoms with Crippen LogP contribution in [0.2, 0.25) is 5.02 Å². The van der Waals surface area contributed by atoms with Crippen LogP contribution in [-0.4, -0.2) is 24.0 Å². The van der Waals surface area contributed by atoms with Crippen LogP contribution in [0.3, 0.4) is 0 Å². The van der Waals surface area contributed by atoms with Crippen molar-refractivity contribution in [2.24, 2.45) is 0 Å². The first-order valence-electron chi connectivity index (χ1n) is 10.1. The molecular formula is C24H23ClN2O4. The number of nitrogens with one attached hydrogen (secondary N) is 1. The Hall–Kier alpha value is -3.09. The quantitative estimate of drug-likeness (QED) is 0.610. The number of amides is 1. The molecule has 160 valence electrons.